The van der Waals surface area contributed by atoms with Crippen LogP contribution in [0.25, 0.3) is 0 Å². The second-order valence-electron chi connectivity index (χ2n) is 5.19. The molecule has 0 aliphatic heterocycles. The average molecular weight is 452 g/mol. The number of nitrogens with one attached hydrogen (secondary N) is 2. The minimum absolute atomic E-state index is 0.232. The van der Waals surface area contributed by atoms with E-state index in [9.17, 15) is 4.79 Å². The van der Waals surface area contributed by atoms with Gasteiger partial charge in [0.15, 0.2) is 5.11 Å². The topological polar surface area (TPSA) is 50.4 Å². The van der Waals surface area contributed by atoms with Gasteiger partial charge in [-0.2, -0.15) is 0 Å². The molecule has 0 fully saturated rings. The quantitative estimate of drug-likeness (QED) is 0.402. The van der Waals surface area contributed by atoms with Crippen molar-refractivity contribution in [1.82, 2.24) is 5.32 Å². The highest BCUT2D eigenvalue weighted by molar-refractivity contribution is 14.1. The second kappa shape index (κ2) is 8.79. The van der Waals surface area contributed by atoms with Gasteiger partial charge in [-0.1, -0.05) is 18.7 Å². The number of thiocarbonyl (C=S) groups is 1. The molecule has 4 nitrogen and oxygen atoms in total. The van der Waals surface area contributed by atoms with Crippen molar-refractivity contribution < 1.29 is 9.53 Å². The van der Waals surface area contributed by atoms with E-state index >= 15 is 0 Å². The lowest BCUT2D eigenvalue weighted by Crippen LogP contribution is -2.34. The number of carbonyl (C=O) groups excluding carboxylic acids is 1. The van der Waals surface area contributed by atoms with E-state index < -0.39 is 0 Å². The van der Waals surface area contributed by atoms with Crippen LogP contribution < -0.4 is 15.4 Å². The van der Waals surface area contributed by atoms with Gasteiger partial charge in [0.05, 0.1) is 0 Å². The summed E-state index contributed by atoms with van der Waals surface area (Å²) in [5.41, 5.74) is 2.24. The maximum absolute atomic E-state index is 12.2. The van der Waals surface area contributed by atoms with Gasteiger partial charge in [-0.3, -0.25) is 10.1 Å². The van der Waals surface area contributed by atoms with E-state index in [1.807, 2.05) is 43.3 Å². The predicted molar refractivity (Wildman–Crippen MR) is 110 cm³/mol. The Bertz CT molecular complexity index is 777. The van der Waals surface area contributed by atoms with Crippen LogP contribution >= 0.6 is 34.8 Å². The maximum atomic E-state index is 12.2. The molecule has 2 aromatic rings. The van der Waals surface area contributed by atoms with E-state index in [4.69, 9.17) is 17.0 Å². The SMILES string of the molecule is C=C(C)COc1cccc(NC(=S)NC(=O)c2cccc(I)c2)c1. The number of halogens is 1. The van der Waals surface area contributed by atoms with Crippen molar-refractivity contribution in [3.63, 3.8) is 0 Å². The number of rotatable bonds is 5. The van der Waals surface area contributed by atoms with Crippen LogP contribution in [0.2, 0.25) is 0 Å². The Hall–Kier alpha value is -1.93. The molecule has 0 bridgehead atoms. The third-order valence-electron chi connectivity index (χ3n) is 2.89. The molecule has 2 aromatic carbocycles. The first-order valence-corrected chi connectivity index (χ1v) is 8.68. The smallest absolute Gasteiger partial charge is 0.257 e. The van der Waals surface area contributed by atoms with E-state index in [0.717, 1.165) is 14.8 Å². The Morgan fingerprint density at radius 3 is 2.71 bits per heavy atom. The van der Waals surface area contributed by atoms with E-state index in [1.54, 1.807) is 12.1 Å². The minimum atomic E-state index is -0.249. The Kier molecular flexibility index (Phi) is 6.74. The van der Waals surface area contributed by atoms with E-state index in [2.05, 4.69) is 39.8 Å². The Morgan fingerprint density at radius 2 is 2.00 bits per heavy atom. The number of hydrogen-bond donors (Lipinski definition) is 2. The van der Waals surface area contributed by atoms with E-state index in [-0.39, 0.29) is 11.0 Å². The van der Waals surface area contributed by atoms with Crippen LogP contribution in [0.3, 0.4) is 0 Å². The third-order valence-corrected chi connectivity index (χ3v) is 3.77. The highest BCUT2D eigenvalue weighted by atomic mass is 127. The molecule has 0 atom stereocenters. The Labute approximate surface area is 160 Å². The molecule has 24 heavy (non-hydrogen) atoms. The van der Waals surface area contributed by atoms with Gasteiger partial charge < -0.3 is 10.1 Å². The zero-order valence-corrected chi connectivity index (χ0v) is 16.1. The number of carbonyl (C=O) groups is 1. The van der Waals surface area contributed by atoms with Crippen LogP contribution in [0.15, 0.2) is 60.7 Å². The fraction of sp³-hybridized carbons (Fsp3) is 0.111. The number of anilines is 1. The van der Waals surface area contributed by atoms with Crippen molar-refractivity contribution in [3.8, 4) is 5.75 Å². The fourth-order valence-electron chi connectivity index (χ4n) is 1.84. The average Bonchev–Trinajstić information content (AvgIpc) is 2.53. The van der Waals surface area contributed by atoms with Crippen LogP contribution in [0, 0.1) is 3.57 Å². The van der Waals surface area contributed by atoms with Gasteiger partial charge in [-0.25, -0.2) is 0 Å². The molecule has 6 heteroatoms. The maximum Gasteiger partial charge on any atom is 0.257 e. The van der Waals surface area contributed by atoms with Gasteiger partial charge in [0.2, 0.25) is 0 Å². The molecule has 0 aromatic heterocycles. The van der Waals surface area contributed by atoms with Crippen molar-refractivity contribution in [2.75, 3.05) is 11.9 Å². The lowest BCUT2D eigenvalue weighted by molar-refractivity contribution is 0.0977. The second-order valence-corrected chi connectivity index (χ2v) is 6.85. The molecule has 0 saturated carbocycles. The molecule has 0 unspecified atom stereocenters. The first kappa shape index (κ1) is 18.4. The molecule has 0 aliphatic rings. The fourth-order valence-corrected chi connectivity index (χ4v) is 2.59. The molecule has 0 heterocycles. The van der Waals surface area contributed by atoms with Crippen LogP contribution in [0.4, 0.5) is 5.69 Å². The normalized spacial score (nSPS) is 9.92. The Balaban J connectivity index is 1.95. The van der Waals surface area contributed by atoms with Crippen LogP contribution in [-0.4, -0.2) is 17.6 Å². The molecular formula is C18H17IN2O2S. The van der Waals surface area contributed by atoms with Crippen molar-refractivity contribution >= 4 is 51.5 Å². The first-order valence-electron chi connectivity index (χ1n) is 7.19. The van der Waals surface area contributed by atoms with Crippen LogP contribution in [0.5, 0.6) is 5.75 Å². The van der Waals surface area contributed by atoms with Gasteiger partial charge in [0.1, 0.15) is 12.4 Å². The lowest BCUT2D eigenvalue weighted by atomic mass is 10.2. The summed E-state index contributed by atoms with van der Waals surface area (Å²) in [6.07, 6.45) is 0. The minimum Gasteiger partial charge on any atom is -0.489 e. The third kappa shape index (κ3) is 5.93. The molecule has 0 aliphatic carbocycles. The van der Waals surface area contributed by atoms with E-state index in [1.165, 1.54) is 0 Å². The standard InChI is InChI=1S/C18H17IN2O2S/c1-12(2)11-23-16-8-4-7-15(10-16)20-18(24)21-17(22)13-5-3-6-14(19)9-13/h3-10H,1,11H2,2H3,(H2,20,21,22,24). The molecule has 2 rings (SSSR count). The molecule has 1 amide bonds. The lowest BCUT2D eigenvalue weighted by Gasteiger charge is -2.11. The highest BCUT2D eigenvalue weighted by Gasteiger charge is 2.08. The molecule has 2 N–H and O–H groups in total. The van der Waals surface area contributed by atoms with Crippen molar-refractivity contribution in [1.29, 1.82) is 0 Å². The molecule has 124 valence electrons. The largest absolute Gasteiger partial charge is 0.489 e. The molecule has 0 spiro atoms. The number of amides is 1. The van der Waals surface area contributed by atoms with Gasteiger partial charge in [0.25, 0.3) is 5.91 Å². The summed E-state index contributed by atoms with van der Waals surface area (Å²) < 4.78 is 6.57. The molecular weight excluding hydrogens is 435 g/mol. The van der Waals surface area contributed by atoms with E-state index in [0.29, 0.717) is 17.9 Å². The Morgan fingerprint density at radius 1 is 1.25 bits per heavy atom. The van der Waals surface area contributed by atoms with Crippen LogP contribution in [0.1, 0.15) is 17.3 Å². The summed E-state index contributed by atoms with van der Waals surface area (Å²) >= 11 is 7.35. The van der Waals surface area contributed by atoms with Gasteiger partial charge in [-0.05, 0) is 77.6 Å². The summed E-state index contributed by atoms with van der Waals surface area (Å²) in [6, 6.07) is 14.6. The zero-order valence-electron chi connectivity index (χ0n) is 13.1. The number of hydrogen-bond acceptors (Lipinski definition) is 3. The van der Waals surface area contributed by atoms with Crippen molar-refractivity contribution in [2.24, 2.45) is 0 Å². The van der Waals surface area contributed by atoms with Gasteiger partial charge in [0, 0.05) is 20.9 Å². The summed E-state index contributed by atoms with van der Waals surface area (Å²) in [5, 5.41) is 5.88. The highest BCUT2D eigenvalue weighted by Crippen LogP contribution is 2.18. The van der Waals surface area contributed by atoms with Gasteiger partial charge in [-0.15, -0.1) is 0 Å². The van der Waals surface area contributed by atoms with Gasteiger partial charge >= 0.3 is 0 Å². The molecule has 0 saturated heterocycles. The van der Waals surface area contributed by atoms with Crippen molar-refractivity contribution in [2.45, 2.75) is 6.92 Å². The summed E-state index contributed by atoms with van der Waals surface area (Å²) in [4.78, 5) is 12.2. The summed E-state index contributed by atoms with van der Waals surface area (Å²) in [5.74, 6) is 0.454. The van der Waals surface area contributed by atoms with Crippen molar-refractivity contribution in [3.05, 3.63) is 69.8 Å². The first-order chi connectivity index (χ1) is 11.4. The van der Waals surface area contributed by atoms with Crippen LogP contribution in [-0.2, 0) is 0 Å². The number of benzene rings is 2. The molecule has 0 radical (unpaired) electrons. The summed E-state index contributed by atoms with van der Waals surface area (Å²) in [6.45, 7) is 6.16. The zero-order chi connectivity index (χ0) is 17.5. The number of ether oxygens (including phenoxy) is 1. The predicted octanol–water partition coefficient (Wildman–Crippen LogP) is 4.37. The monoisotopic (exact) mass is 452 g/mol. The summed E-state index contributed by atoms with van der Waals surface area (Å²) in [7, 11) is 0.